The van der Waals surface area contributed by atoms with Crippen LogP contribution in [0.15, 0.2) is 28.9 Å². The highest BCUT2D eigenvalue weighted by Gasteiger charge is 2.10. The van der Waals surface area contributed by atoms with E-state index < -0.39 is 4.92 Å². The van der Waals surface area contributed by atoms with Crippen molar-refractivity contribution in [3.05, 3.63) is 46.2 Å². The van der Waals surface area contributed by atoms with E-state index in [1.54, 1.807) is 6.08 Å². The van der Waals surface area contributed by atoms with E-state index in [1.165, 1.54) is 42.1 Å². The number of imidazole rings is 1. The molecular formula is C11H9N3O4. The fourth-order valence-electron chi connectivity index (χ4n) is 1.39. The van der Waals surface area contributed by atoms with Crippen molar-refractivity contribution in [2.45, 2.75) is 6.92 Å². The Hall–Kier alpha value is -2.70. The Morgan fingerprint density at radius 1 is 1.50 bits per heavy atom. The highest BCUT2D eigenvalue weighted by atomic mass is 16.6. The number of aromatic nitrogens is 2. The van der Waals surface area contributed by atoms with E-state index in [1.807, 2.05) is 0 Å². The standard InChI is InChI=1S/C11H9N3O4/c1-8(15)13-7-6-12-10(13)4-2-9-3-5-11(18-9)14(16)17/h2-7H,1H3/b4-2+. The van der Waals surface area contributed by atoms with Crippen molar-refractivity contribution in [2.75, 3.05) is 0 Å². The molecule has 92 valence electrons. The minimum absolute atomic E-state index is 0.169. The summed E-state index contributed by atoms with van der Waals surface area (Å²) in [6.07, 6.45) is 6.08. The minimum atomic E-state index is -0.617. The van der Waals surface area contributed by atoms with Crippen LogP contribution in [0, 0.1) is 10.1 Å². The van der Waals surface area contributed by atoms with Gasteiger partial charge in [0.2, 0.25) is 5.91 Å². The molecule has 0 spiro atoms. The molecule has 0 aromatic carbocycles. The van der Waals surface area contributed by atoms with Gasteiger partial charge in [0.15, 0.2) is 0 Å². The highest BCUT2D eigenvalue weighted by molar-refractivity contribution is 5.79. The summed E-state index contributed by atoms with van der Waals surface area (Å²) in [5, 5.41) is 10.4. The molecule has 0 bridgehead atoms. The molecule has 0 atom stereocenters. The summed E-state index contributed by atoms with van der Waals surface area (Å²) in [5.41, 5.74) is 0. The first-order valence-electron chi connectivity index (χ1n) is 5.04. The lowest BCUT2D eigenvalue weighted by Gasteiger charge is -1.96. The molecular weight excluding hydrogens is 238 g/mol. The van der Waals surface area contributed by atoms with Gasteiger partial charge in [0, 0.05) is 19.3 Å². The van der Waals surface area contributed by atoms with Crippen molar-refractivity contribution in [2.24, 2.45) is 0 Å². The number of furan rings is 1. The van der Waals surface area contributed by atoms with Gasteiger partial charge in [0.25, 0.3) is 0 Å². The maximum absolute atomic E-state index is 11.2. The zero-order valence-electron chi connectivity index (χ0n) is 9.44. The average Bonchev–Trinajstić information content (AvgIpc) is 2.95. The number of carbonyl (C=O) groups excluding carboxylic acids is 1. The maximum atomic E-state index is 11.2. The van der Waals surface area contributed by atoms with Crippen LogP contribution in [0.2, 0.25) is 0 Å². The summed E-state index contributed by atoms with van der Waals surface area (Å²) in [7, 11) is 0. The minimum Gasteiger partial charge on any atom is -0.401 e. The number of carbonyl (C=O) groups is 1. The van der Waals surface area contributed by atoms with Gasteiger partial charge in [-0.05, 0) is 18.2 Å². The number of hydrogen-bond donors (Lipinski definition) is 0. The molecule has 0 aliphatic rings. The predicted molar refractivity (Wildman–Crippen MR) is 62.8 cm³/mol. The third kappa shape index (κ3) is 2.34. The first-order valence-corrected chi connectivity index (χ1v) is 5.04. The van der Waals surface area contributed by atoms with Gasteiger partial charge in [-0.3, -0.25) is 19.5 Å². The summed E-state index contributed by atoms with van der Waals surface area (Å²) in [6.45, 7) is 1.41. The SMILES string of the molecule is CC(=O)n1ccnc1/C=C/c1ccc([N+](=O)[O-])o1. The van der Waals surface area contributed by atoms with Gasteiger partial charge in [-0.15, -0.1) is 0 Å². The number of rotatable bonds is 3. The van der Waals surface area contributed by atoms with Gasteiger partial charge in [0.1, 0.15) is 16.5 Å². The van der Waals surface area contributed by atoms with Gasteiger partial charge >= 0.3 is 5.88 Å². The summed E-state index contributed by atoms with van der Waals surface area (Å²) in [5.74, 6) is 0.253. The highest BCUT2D eigenvalue weighted by Crippen LogP contribution is 2.17. The molecule has 0 fully saturated rings. The average molecular weight is 247 g/mol. The van der Waals surface area contributed by atoms with E-state index >= 15 is 0 Å². The van der Waals surface area contributed by atoms with Crippen LogP contribution in [0.1, 0.15) is 23.3 Å². The molecule has 0 saturated carbocycles. The first kappa shape index (κ1) is 11.8. The lowest BCUT2D eigenvalue weighted by atomic mass is 10.4. The number of nitro groups is 1. The van der Waals surface area contributed by atoms with Crippen LogP contribution in [0.3, 0.4) is 0 Å². The molecule has 2 aromatic rings. The van der Waals surface area contributed by atoms with Crippen molar-refractivity contribution in [1.82, 2.24) is 9.55 Å². The summed E-state index contributed by atoms with van der Waals surface area (Å²) < 4.78 is 6.29. The second-order valence-corrected chi connectivity index (χ2v) is 3.44. The van der Waals surface area contributed by atoms with E-state index in [-0.39, 0.29) is 11.8 Å². The normalized spacial score (nSPS) is 10.9. The zero-order chi connectivity index (χ0) is 13.1. The molecule has 18 heavy (non-hydrogen) atoms. The van der Waals surface area contributed by atoms with Gasteiger partial charge in [-0.2, -0.15) is 0 Å². The number of hydrogen-bond acceptors (Lipinski definition) is 5. The van der Waals surface area contributed by atoms with Crippen LogP contribution >= 0.6 is 0 Å². The largest absolute Gasteiger partial charge is 0.433 e. The van der Waals surface area contributed by atoms with Crippen molar-refractivity contribution < 1.29 is 14.1 Å². The van der Waals surface area contributed by atoms with E-state index in [4.69, 9.17) is 4.42 Å². The van der Waals surface area contributed by atoms with E-state index in [9.17, 15) is 14.9 Å². The molecule has 0 saturated heterocycles. The monoisotopic (exact) mass is 247 g/mol. The molecule has 2 heterocycles. The van der Waals surface area contributed by atoms with E-state index in [0.717, 1.165) is 0 Å². The van der Waals surface area contributed by atoms with Crippen molar-refractivity contribution >= 4 is 23.9 Å². The van der Waals surface area contributed by atoms with Gasteiger partial charge in [-0.1, -0.05) is 0 Å². The molecule has 7 heteroatoms. The van der Waals surface area contributed by atoms with E-state index in [2.05, 4.69) is 4.98 Å². The van der Waals surface area contributed by atoms with Crippen LogP contribution < -0.4 is 0 Å². The molecule has 0 aliphatic carbocycles. The third-order valence-electron chi connectivity index (χ3n) is 2.20. The van der Waals surface area contributed by atoms with Crippen LogP contribution in [0.5, 0.6) is 0 Å². The topological polar surface area (TPSA) is 91.2 Å². The van der Waals surface area contributed by atoms with Crippen molar-refractivity contribution in [3.8, 4) is 0 Å². The molecule has 0 N–H and O–H groups in total. The Labute approximate surface area is 102 Å². The Kier molecular flexibility index (Phi) is 3.05. The second kappa shape index (κ2) is 4.66. The molecule has 7 nitrogen and oxygen atoms in total. The quantitative estimate of drug-likeness (QED) is 0.612. The Morgan fingerprint density at radius 3 is 2.89 bits per heavy atom. The van der Waals surface area contributed by atoms with Crippen LogP contribution in [-0.2, 0) is 0 Å². The second-order valence-electron chi connectivity index (χ2n) is 3.44. The predicted octanol–water partition coefficient (Wildman–Crippen LogP) is 2.21. The molecule has 2 aromatic heterocycles. The fourth-order valence-corrected chi connectivity index (χ4v) is 1.39. The lowest BCUT2D eigenvalue weighted by molar-refractivity contribution is -0.402. The molecule has 0 aliphatic heterocycles. The zero-order valence-corrected chi connectivity index (χ0v) is 9.44. The lowest BCUT2D eigenvalue weighted by Crippen LogP contribution is -2.05. The van der Waals surface area contributed by atoms with Gasteiger partial charge < -0.3 is 4.42 Å². The third-order valence-corrected chi connectivity index (χ3v) is 2.20. The number of nitrogens with zero attached hydrogens (tertiary/aromatic N) is 3. The molecule has 0 radical (unpaired) electrons. The van der Waals surface area contributed by atoms with Crippen LogP contribution in [-0.4, -0.2) is 20.4 Å². The first-order chi connectivity index (χ1) is 8.58. The maximum Gasteiger partial charge on any atom is 0.433 e. The van der Waals surface area contributed by atoms with Crippen LogP contribution in [0.4, 0.5) is 5.88 Å². The summed E-state index contributed by atoms with van der Waals surface area (Å²) >= 11 is 0. The van der Waals surface area contributed by atoms with Crippen LogP contribution in [0.25, 0.3) is 12.2 Å². The van der Waals surface area contributed by atoms with Gasteiger partial charge in [0.05, 0.1) is 6.07 Å². The fraction of sp³-hybridized carbons (Fsp3) is 0.0909. The molecule has 0 amide bonds. The summed E-state index contributed by atoms with van der Waals surface area (Å²) in [4.78, 5) is 25.0. The smallest absolute Gasteiger partial charge is 0.401 e. The molecule has 2 rings (SSSR count). The van der Waals surface area contributed by atoms with Crippen molar-refractivity contribution in [1.29, 1.82) is 0 Å². The van der Waals surface area contributed by atoms with Crippen molar-refractivity contribution in [3.63, 3.8) is 0 Å². The van der Waals surface area contributed by atoms with E-state index in [0.29, 0.717) is 11.6 Å². The molecule has 0 unspecified atom stereocenters. The summed E-state index contributed by atoms with van der Waals surface area (Å²) in [6, 6.07) is 2.73. The Bertz CT molecular complexity index is 624. The van der Waals surface area contributed by atoms with Gasteiger partial charge in [-0.25, -0.2) is 4.98 Å². The Morgan fingerprint density at radius 2 is 2.28 bits per heavy atom. The Balaban J connectivity index is 2.22.